The summed E-state index contributed by atoms with van der Waals surface area (Å²) in [4.78, 5) is 13.6. The Morgan fingerprint density at radius 3 is 2.56 bits per heavy atom. The Morgan fingerprint density at radius 2 is 2.00 bits per heavy atom. The summed E-state index contributed by atoms with van der Waals surface area (Å²) >= 11 is 5.59. The Bertz CT molecular complexity index is 241. The molecule has 16 heavy (non-hydrogen) atoms. The smallest absolute Gasteiger partial charge is 0.223 e. The molecule has 0 unspecified atom stereocenters. The van der Waals surface area contributed by atoms with Crippen molar-refractivity contribution in [2.24, 2.45) is 0 Å². The lowest BCUT2D eigenvalue weighted by molar-refractivity contribution is -0.142. The molecule has 3 nitrogen and oxygen atoms in total. The second-order valence-corrected chi connectivity index (χ2v) is 5.19. The van der Waals surface area contributed by atoms with Crippen molar-refractivity contribution in [3.63, 3.8) is 0 Å². The molecule has 4 heteroatoms. The molecule has 0 bridgehead atoms. The van der Waals surface area contributed by atoms with Crippen LogP contribution in [-0.4, -0.2) is 42.0 Å². The van der Waals surface area contributed by atoms with E-state index in [1.165, 1.54) is 19.3 Å². The van der Waals surface area contributed by atoms with Gasteiger partial charge in [0, 0.05) is 32.0 Å². The summed E-state index contributed by atoms with van der Waals surface area (Å²) in [5, 5.41) is 0. The molecular formula is C12H20ClNO2. The van der Waals surface area contributed by atoms with Gasteiger partial charge in [0.15, 0.2) is 0 Å². The van der Waals surface area contributed by atoms with Crippen LogP contribution >= 0.6 is 11.6 Å². The van der Waals surface area contributed by atoms with Gasteiger partial charge in [0.25, 0.3) is 0 Å². The van der Waals surface area contributed by atoms with Crippen molar-refractivity contribution in [2.75, 3.05) is 25.6 Å². The first-order chi connectivity index (χ1) is 7.76. The van der Waals surface area contributed by atoms with Crippen LogP contribution in [0.4, 0.5) is 0 Å². The second-order valence-electron chi connectivity index (χ2n) is 4.81. The highest BCUT2D eigenvalue weighted by atomic mass is 35.5. The maximum atomic E-state index is 11.7. The van der Waals surface area contributed by atoms with Gasteiger partial charge in [-0.2, -0.15) is 0 Å². The van der Waals surface area contributed by atoms with Crippen LogP contribution in [0.3, 0.4) is 0 Å². The highest BCUT2D eigenvalue weighted by molar-refractivity contribution is 6.18. The van der Waals surface area contributed by atoms with E-state index in [1.54, 1.807) is 0 Å². The van der Waals surface area contributed by atoms with E-state index in [9.17, 15) is 4.79 Å². The molecule has 92 valence electrons. The summed E-state index contributed by atoms with van der Waals surface area (Å²) in [5.74, 6) is 0.623. The minimum absolute atomic E-state index is 0.0932. The predicted octanol–water partition coefficient (Wildman–Crippen LogP) is 2.18. The van der Waals surface area contributed by atoms with Gasteiger partial charge in [0.05, 0.1) is 5.60 Å². The van der Waals surface area contributed by atoms with Gasteiger partial charge in [-0.15, -0.1) is 11.6 Å². The summed E-state index contributed by atoms with van der Waals surface area (Å²) < 4.78 is 5.93. The van der Waals surface area contributed by atoms with E-state index in [0.717, 1.165) is 32.5 Å². The molecule has 2 rings (SSSR count). The number of piperidine rings is 1. The first-order valence-corrected chi connectivity index (χ1v) is 6.77. The molecule has 0 aliphatic carbocycles. The molecule has 0 aromatic rings. The van der Waals surface area contributed by atoms with Gasteiger partial charge in [0.2, 0.25) is 5.91 Å². The van der Waals surface area contributed by atoms with Crippen LogP contribution in [0, 0.1) is 0 Å². The number of amides is 1. The SMILES string of the molecule is O=C(CCCl)N1CCC2(CCCCO2)CC1. The van der Waals surface area contributed by atoms with Gasteiger partial charge in [-0.3, -0.25) is 4.79 Å². The maximum absolute atomic E-state index is 11.7. The Balaban J connectivity index is 1.83. The predicted molar refractivity (Wildman–Crippen MR) is 63.7 cm³/mol. The zero-order valence-corrected chi connectivity index (χ0v) is 10.5. The number of likely N-dealkylation sites (tertiary alicyclic amines) is 1. The lowest BCUT2D eigenvalue weighted by Crippen LogP contribution is -2.49. The van der Waals surface area contributed by atoms with Gasteiger partial charge < -0.3 is 9.64 Å². The number of hydrogen-bond donors (Lipinski definition) is 0. The Labute approximate surface area is 102 Å². The summed E-state index contributed by atoms with van der Waals surface area (Å²) in [7, 11) is 0. The number of halogens is 1. The molecular weight excluding hydrogens is 226 g/mol. The molecule has 0 saturated carbocycles. The molecule has 0 atom stereocenters. The number of nitrogens with zero attached hydrogens (tertiary/aromatic N) is 1. The van der Waals surface area contributed by atoms with Crippen LogP contribution in [0.5, 0.6) is 0 Å². The minimum atomic E-state index is 0.0932. The molecule has 0 aromatic carbocycles. The van der Waals surface area contributed by atoms with E-state index in [4.69, 9.17) is 16.3 Å². The van der Waals surface area contributed by atoms with Crippen molar-refractivity contribution in [3.8, 4) is 0 Å². The summed E-state index contributed by atoms with van der Waals surface area (Å²) in [6, 6.07) is 0. The van der Waals surface area contributed by atoms with E-state index in [1.807, 2.05) is 4.90 Å². The summed E-state index contributed by atoms with van der Waals surface area (Å²) in [5.41, 5.74) is 0.0932. The number of hydrogen-bond acceptors (Lipinski definition) is 2. The minimum Gasteiger partial charge on any atom is -0.375 e. The average Bonchev–Trinajstić information content (AvgIpc) is 2.31. The normalized spacial score (nSPS) is 24.7. The van der Waals surface area contributed by atoms with Crippen molar-refractivity contribution < 1.29 is 9.53 Å². The van der Waals surface area contributed by atoms with Crippen LogP contribution in [0.25, 0.3) is 0 Å². The van der Waals surface area contributed by atoms with Crippen LogP contribution in [0.2, 0.25) is 0 Å². The van der Waals surface area contributed by atoms with Crippen molar-refractivity contribution in [2.45, 2.75) is 44.1 Å². The third-order valence-corrected chi connectivity index (χ3v) is 3.96. The van der Waals surface area contributed by atoms with E-state index in [2.05, 4.69) is 0 Å². The standard InChI is InChI=1S/C12H20ClNO2/c13-7-3-11(15)14-8-5-12(6-9-14)4-1-2-10-16-12/h1-10H2. The largest absolute Gasteiger partial charge is 0.375 e. The summed E-state index contributed by atoms with van der Waals surface area (Å²) in [6.45, 7) is 2.58. The molecule has 0 N–H and O–H groups in total. The highest BCUT2D eigenvalue weighted by Gasteiger charge is 2.37. The first kappa shape index (κ1) is 12.2. The molecule has 0 aromatic heterocycles. The zero-order valence-electron chi connectivity index (χ0n) is 9.71. The van der Waals surface area contributed by atoms with E-state index in [0.29, 0.717) is 12.3 Å². The van der Waals surface area contributed by atoms with Gasteiger partial charge in [-0.25, -0.2) is 0 Å². The van der Waals surface area contributed by atoms with Gasteiger partial charge >= 0.3 is 0 Å². The number of carbonyl (C=O) groups excluding carboxylic acids is 1. The first-order valence-electron chi connectivity index (χ1n) is 6.23. The molecule has 2 heterocycles. The molecule has 2 fully saturated rings. The molecule has 1 spiro atoms. The van der Waals surface area contributed by atoms with Crippen LogP contribution in [0.1, 0.15) is 38.5 Å². The van der Waals surface area contributed by atoms with Gasteiger partial charge in [-0.05, 0) is 32.1 Å². The van der Waals surface area contributed by atoms with Gasteiger partial charge in [0.1, 0.15) is 0 Å². The third-order valence-electron chi connectivity index (χ3n) is 3.77. The highest BCUT2D eigenvalue weighted by Crippen LogP contribution is 2.34. The van der Waals surface area contributed by atoms with Crippen molar-refractivity contribution in [1.29, 1.82) is 0 Å². The molecule has 2 aliphatic heterocycles. The Kier molecular flexibility index (Phi) is 4.09. The van der Waals surface area contributed by atoms with Crippen molar-refractivity contribution >= 4 is 17.5 Å². The zero-order chi connectivity index (χ0) is 11.4. The topological polar surface area (TPSA) is 29.5 Å². The van der Waals surface area contributed by atoms with Crippen LogP contribution < -0.4 is 0 Å². The number of carbonyl (C=O) groups is 1. The molecule has 1 amide bonds. The molecule has 2 aliphatic rings. The second kappa shape index (κ2) is 5.37. The van der Waals surface area contributed by atoms with E-state index < -0.39 is 0 Å². The molecule has 0 radical (unpaired) electrons. The number of ether oxygens (including phenoxy) is 1. The monoisotopic (exact) mass is 245 g/mol. The van der Waals surface area contributed by atoms with Gasteiger partial charge in [-0.1, -0.05) is 0 Å². The van der Waals surface area contributed by atoms with E-state index in [-0.39, 0.29) is 11.5 Å². The lowest BCUT2D eigenvalue weighted by atomic mass is 9.84. The quantitative estimate of drug-likeness (QED) is 0.698. The van der Waals surface area contributed by atoms with Crippen LogP contribution in [0.15, 0.2) is 0 Å². The average molecular weight is 246 g/mol. The van der Waals surface area contributed by atoms with Crippen molar-refractivity contribution in [3.05, 3.63) is 0 Å². The number of alkyl halides is 1. The van der Waals surface area contributed by atoms with E-state index >= 15 is 0 Å². The Morgan fingerprint density at radius 1 is 1.25 bits per heavy atom. The fraction of sp³-hybridized carbons (Fsp3) is 0.917. The third kappa shape index (κ3) is 2.69. The fourth-order valence-electron chi connectivity index (χ4n) is 2.71. The summed E-state index contributed by atoms with van der Waals surface area (Å²) in [6.07, 6.45) is 6.11. The Hall–Kier alpha value is -0.280. The fourth-order valence-corrected chi connectivity index (χ4v) is 2.87. The maximum Gasteiger partial charge on any atom is 0.223 e. The van der Waals surface area contributed by atoms with Crippen molar-refractivity contribution in [1.82, 2.24) is 4.90 Å². The lowest BCUT2D eigenvalue weighted by Gasteiger charge is -2.44. The number of rotatable bonds is 2. The van der Waals surface area contributed by atoms with Crippen LogP contribution in [-0.2, 0) is 9.53 Å². The molecule has 2 saturated heterocycles.